The van der Waals surface area contributed by atoms with Crippen LogP contribution in [0.25, 0.3) is 0 Å². The van der Waals surface area contributed by atoms with Crippen molar-refractivity contribution in [3.63, 3.8) is 0 Å². The number of rotatable bonds is 7. The van der Waals surface area contributed by atoms with Crippen molar-refractivity contribution in [1.82, 2.24) is 15.5 Å². The first kappa shape index (κ1) is 15.0. The molecule has 0 saturated heterocycles. The van der Waals surface area contributed by atoms with E-state index in [2.05, 4.69) is 15.5 Å². The summed E-state index contributed by atoms with van der Waals surface area (Å²) in [5.74, 6) is 0.992. The Morgan fingerprint density at radius 1 is 1.56 bits per heavy atom. The van der Waals surface area contributed by atoms with Gasteiger partial charge in [-0.3, -0.25) is 4.79 Å². The maximum absolute atomic E-state index is 11.8. The van der Waals surface area contributed by atoms with Crippen molar-refractivity contribution in [3.05, 3.63) is 5.89 Å². The third kappa shape index (κ3) is 3.99. The van der Waals surface area contributed by atoms with Crippen LogP contribution in [0.1, 0.15) is 26.2 Å². The number of aromatic nitrogens is 2. The summed E-state index contributed by atoms with van der Waals surface area (Å²) in [6.07, 6.45) is 0.619. The lowest BCUT2D eigenvalue weighted by Gasteiger charge is -2.26. The highest BCUT2D eigenvalue weighted by Gasteiger charge is 2.32. The predicted octanol–water partition coefficient (Wildman–Crippen LogP) is 1.40. The summed E-state index contributed by atoms with van der Waals surface area (Å²) in [6, 6.07) is 0. The minimum Gasteiger partial charge on any atom is -0.465 e. The predicted molar refractivity (Wildman–Crippen MR) is 68.5 cm³/mol. The highest BCUT2D eigenvalue weighted by atomic mass is 32.2. The Morgan fingerprint density at radius 3 is 2.78 bits per heavy atom. The van der Waals surface area contributed by atoms with E-state index < -0.39 is 5.54 Å². The monoisotopic (exact) mass is 273 g/mol. The van der Waals surface area contributed by atoms with Gasteiger partial charge in [0.15, 0.2) is 0 Å². The van der Waals surface area contributed by atoms with E-state index in [0.717, 1.165) is 0 Å². The van der Waals surface area contributed by atoms with Gasteiger partial charge in [0, 0.05) is 12.7 Å². The molecule has 0 fully saturated rings. The van der Waals surface area contributed by atoms with E-state index in [1.165, 1.54) is 11.8 Å². The zero-order chi connectivity index (χ0) is 13.6. The molecular formula is C11H19N3O3S. The Balaban J connectivity index is 2.46. The Kier molecular flexibility index (Phi) is 5.61. The molecule has 1 aromatic rings. The van der Waals surface area contributed by atoms with Gasteiger partial charge in [0.2, 0.25) is 5.89 Å². The minimum absolute atomic E-state index is 0.241. The number of nitrogens with zero attached hydrogens (tertiary/aromatic N) is 2. The van der Waals surface area contributed by atoms with Crippen LogP contribution in [-0.2, 0) is 9.53 Å². The Labute approximate surface area is 111 Å². The molecule has 1 heterocycles. The fourth-order valence-electron chi connectivity index (χ4n) is 1.30. The van der Waals surface area contributed by atoms with Crippen LogP contribution < -0.4 is 5.32 Å². The van der Waals surface area contributed by atoms with Gasteiger partial charge in [-0.2, -0.15) is 0 Å². The largest absolute Gasteiger partial charge is 0.465 e. The fourth-order valence-corrected chi connectivity index (χ4v) is 2.26. The van der Waals surface area contributed by atoms with Crippen molar-refractivity contribution in [2.45, 2.75) is 38.0 Å². The number of thioether (sulfide) groups is 1. The number of ether oxygens (including phenoxy) is 1. The second-order valence-corrected chi connectivity index (χ2v) is 5.03. The molecule has 1 N–H and O–H groups in total. The lowest BCUT2D eigenvalue weighted by molar-refractivity contribution is -0.150. The zero-order valence-corrected chi connectivity index (χ0v) is 12.0. The smallest absolute Gasteiger partial charge is 0.326 e. The van der Waals surface area contributed by atoms with Crippen molar-refractivity contribution in [2.75, 3.05) is 19.4 Å². The Bertz CT molecular complexity index is 397. The van der Waals surface area contributed by atoms with E-state index in [0.29, 0.717) is 29.9 Å². The number of carbonyl (C=O) groups excluding carboxylic acids is 1. The maximum atomic E-state index is 11.8. The molecule has 0 radical (unpaired) electrons. The molecule has 0 aromatic carbocycles. The quantitative estimate of drug-likeness (QED) is 0.594. The molecular weight excluding hydrogens is 254 g/mol. The summed E-state index contributed by atoms with van der Waals surface area (Å²) < 4.78 is 10.3. The Hall–Kier alpha value is -1.08. The van der Waals surface area contributed by atoms with E-state index in [1.807, 2.05) is 6.92 Å². The lowest BCUT2D eigenvalue weighted by Crippen LogP contribution is -2.49. The second kappa shape index (κ2) is 6.75. The topological polar surface area (TPSA) is 77.2 Å². The van der Waals surface area contributed by atoms with Crippen LogP contribution >= 0.6 is 11.8 Å². The number of carbonyl (C=O) groups is 1. The molecule has 0 bridgehead atoms. The number of hydrogen-bond donors (Lipinski definition) is 1. The van der Waals surface area contributed by atoms with E-state index in [9.17, 15) is 4.79 Å². The molecule has 0 saturated carbocycles. The van der Waals surface area contributed by atoms with Crippen molar-refractivity contribution in [2.24, 2.45) is 0 Å². The molecule has 102 valence electrons. The molecule has 6 nitrogen and oxygen atoms in total. The summed E-state index contributed by atoms with van der Waals surface area (Å²) in [4.78, 5) is 11.8. The van der Waals surface area contributed by atoms with Crippen molar-refractivity contribution in [3.8, 4) is 0 Å². The first-order valence-electron chi connectivity index (χ1n) is 5.81. The van der Waals surface area contributed by atoms with Crippen LogP contribution in [0.4, 0.5) is 0 Å². The zero-order valence-electron chi connectivity index (χ0n) is 11.1. The van der Waals surface area contributed by atoms with E-state index in [4.69, 9.17) is 9.15 Å². The van der Waals surface area contributed by atoms with Gasteiger partial charge in [-0.25, -0.2) is 0 Å². The van der Waals surface area contributed by atoms with Crippen molar-refractivity contribution in [1.29, 1.82) is 0 Å². The highest BCUT2D eigenvalue weighted by molar-refractivity contribution is 7.99. The first-order chi connectivity index (χ1) is 8.51. The van der Waals surface area contributed by atoms with Gasteiger partial charge in [-0.05, 0) is 27.3 Å². The van der Waals surface area contributed by atoms with Gasteiger partial charge in [-0.1, -0.05) is 11.8 Å². The maximum Gasteiger partial charge on any atom is 0.326 e. The van der Waals surface area contributed by atoms with Crippen molar-refractivity contribution < 1.29 is 13.9 Å². The average Bonchev–Trinajstić information content (AvgIpc) is 2.75. The molecule has 1 aromatic heterocycles. The number of hydrogen-bond acceptors (Lipinski definition) is 7. The summed E-state index contributed by atoms with van der Waals surface area (Å²) in [6.45, 7) is 5.74. The molecule has 0 aliphatic carbocycles. The molecule has 0 aliphatic heterocycles. The van der Waals surface area contributed by atoms with Crippen LogP contribution in [0.3, 0.4) is 0 Å². The van der Waals surface area contributed by atoms with E-state index in [-0.39, 0.29) is 5.97 Å². The molecule has 1 atom stereocenters. The van der Waals surface area contributed by atoms with Gasteiger partial charge in [0.25, 0.3) is 5.22 Å². The molecule has 1 unspecified atom stereocenters. The molecule has 0 spiro atoms. The van der Waals surface area contributed by atoms with Crippen LogP contribution in [-0.4, -0.2) is 41.1 Å². The SMILES string of the molecule is CCOC(=O)C(C)(CCSc1nnc(C)o1)NC. The van der Waals surface area contributed by atoms with Gasteiger partial charge >= 0.3 is 5.97 Å². The minimum atomic E-state index is -0.682. The number of likely N-dealkylation sites (N-methyl/N-ethyl adjacent to an activating group) is 1. The molecule has 18 heavy (non-hydrogen) atoms. The second-order valence-electron chi connectivity index (χ2n) is 3.99. The normalized spacial score (nSPS) is 14.2. The third-order valence-electron chi connectivity index (χ3n) is 2.61. The van der Waals surface area contributed by atoms with Crippen LogP contribution in [0.2, 0.25) is 0 Å². The molecule has 7 heteroatoms. The van der Waals surface area contributed by atoms with Crippen molar-refractivity contribution >= 4 is 17.7 Å². The van der Waals surface area contributed by atoms with Crippen LogP contribution in [0, 0.1) is 6.92 Å². The molecule has 1 rings (SSSR count). The van der Waals surface area contributed by atoms with Gasteiger partial charge in [-0.15, -0.1) is 10.2 Å². The number of aryl methyl sites for hydroxylation is 1. The number of nitrogens with one attached hydrogen (secondary N) is 1. The van der Waals surface area contributed by atoms with E-state index >= 15 is 0 Å². The molecule has 0 amide bonds. The average molecular weight is 273 g/mol. The van der Waals surface area contributed by atoms with Crippen LogP contribution in [0.5, 0.6) is 0 Å². The summed E-state index contributed by atoms with van der Waals surface area (Å²) in [7, 11) is 1.75. The lowest BCUT2D eigenvalue weighted by atomic mass is 10.00. The summed E-state index contributed by atoms with van der Waals surface area (Å²) in [5.41, 5.74) is -0.682. The summed E-state index contributed by atoms with van der Waals surface area (Å²) in [5, 5.41) is 11.1. The van der Waals surface area contributed by atoms with Gasteiger partial charge in [0.05, 0.1) is 6.61 Å². The third-order valence-corrected chi connectivity index (χ3v) is 3.43. The fraction of sp³-hybridized carbons (Fsp3) is 0.727. The van der Waals surface area contributed by atoms with E-state index in [1.54, 1.807) is 20.9 Å². The van der Waals surface area contributed by atoms with Gasteiger partial charge < -0.3 is 14.5 Å². The standard InChI is InChI=1S/C11H19N3O3S/c1-5-16-9(15)11(3,12-4)6-7-18-10-14-13-8(2)17-10/h12H,5-7H2,1-4H3. The highest BCUT2D eigenvalue weighted by Crippen LogP contribution is 2.21. The molecule has 0 aliphatic rings. The first-order valence-corrected chi connectivity index (χ1v) is 6.79. The number of esters is 1. The summed E-state index contributed by atoms with van der Waals surface area (Å²) >= 11 is 1.43. The van der Waals surface area contributed by atoms with Crippen LogP contribution in [0.15, 0.2) is 9.64 Å². The Morgan fingerprint density at radius 2 is 2.28 bits per heavy atom. The van der Waals surface area contributed by atoms with Gasteiger partial charge in [0.1, 0.15) is 5.54 Å².